The number of carbonyl (C=O) groups is 1. The Morgan fingerprint density at radius 3 is 2.55 bits per heavy atom. The lowest BCUT2D eigenvalue weighted by Gasteiger charge is -2.07. The van der Waals surface area contributed by atoms with E-state index in [2.05, 4.69) is 10.3 Å². The molecular formula is C17H20N2O3. The zero-order valence-electron chi connectivity index (χ0n) is 12.8. The van der Waals surface area contributed by atoms with Crippen molar-refractivity contribution in [1.29, 1.82) is 0 Å². The molecule has 0 saturated heterocycles. The number of aryl methyl sites for hydroxylation is 1. The molecule has 0 saturated carbocycles. The highest BCUT2D eigenvalue weighted by atomic mass is 16.5. The molecule has 5 heteroatoms. The van der Waals surface area contributed by atoms with E-state index in [9.17, 15) is 4.79 Å². The molecule has 0 atom stereocenters. The smallest absolute Gasteiger partial charge is 0.220 e. The van der Waals surface area contributed by atoms with E-state index in [1.807, 2.05) is 36.4 Å². The van der Waals surface area contributed by atoms with Crippen molar-refractivity contribution in [3.05, 3.63) is 53.7 Å². The van der Waals surface area contributed by atoms with Crippen molar-refractivity contribution >= 4 is 5.91 Å². The van der Waals surface area contributed by atoms with E-state index >= 15 is 0 Å². The number of amides is 1. The zero-order chi connectivity index (χ0) is 15.8. The van der Waals surface area contributed by atoms with Crippen LogP contribution < -0.4 is 14.8 Å². The van der Waals surface area contributed by atoms with Gasteiger partial charge in [-0.05, 0) is 35.7 Å². The molecule has 2 aromatic rings. The summed E-state index contributed by atoms with van der Waals surface area (Å²) in [5, 5.41) is 2.90. The molecule has 22 heavy (non-hydrogen) atoms. The highest BCUT2D eigenvalue weighted by Gasteiger charge is 2.04. The molecule has 0 fully saturated rings. The van der Waals surface area contributed by atoms with Gasteiger partial charge >= 0.3 is 0 Å². The van der Waals surface area contributed by atoms with E-state index in [1.165, 1.54) is 0 Å². The van der Waals surface area contributed by atoms with Crippen molar-refractivity contribution in [1.82, 2.24) is 10.3 Å². The summed E-state index contributed by atoms with van der Waals surface area (Å²) in [5.41, 5.74) is 2.08. The Kier molecular flexibility index (Phi) is 5.77. The number of carbonyl (C=O) groups excluding carboxylic acids is 1. The van der Waals surface area contributed by atoms with E-state index in [0.29, 0.717) is 25.3 Å². The maximum Gasteiger partial charge on any atom is 0.220 e. The monoisotopic (exact) mass is 300 g/mol. The van der Waals surface area contributed by atoms with Crippen molar-refractivity contribution in [2.75, 3.05) is 14.2 Å². The molecule has 0 bridgehead atoms. The van der Waals surface area contributed by atoms with Crippen LogP contribution in [0.2, 0.25) is 0 Å². The second kappa shape index (κ2) is 8.02. The van der Waals surface area contributed by atoms with Gasteiger partial charge in [0.05, 0.1) is 14.2 Å². The summed E-state index contributed by atoms with van der Waals surface area (Å²) in [5.74, 6) is 1.39. The Balaban J connectivity index is 1.77. The molecule has 0 aliphatic carbocycles. The van der Waals surface area contributed by atoms with E-state index in [-0.39, 0.29) is 5.91 Å². The third kappa shape index (κ3) is 4.77. The van der Waals surface area contributed by atoms with Gasteiger partial charge in [0.1, 0.15) is 5.75 Å². The standard InChI is InChI=1S/C17H20N2O3/c1-21-15-6-3-13(4-7-15)5-8-16(20)19-12-14-9-10-18-17(11-14)22-2/h3-4,6-7,9-11H,5,8,12H2,1-2H3,(H,19,20). The van der Waals surface area contributed by atoms with Crippen LogP contribution in [0.15, 0.2) is 42.6 Å². The summed E-state index contributed by atoms with van der Waals surface area (Å²) in [6.45, 7) is 0.473. The predicted molar refractivity (Wildman–Crippen MR) is 84.0 cm³/mol. The van der Waals surface area contributed by atoms with Crippen LogP contribution >= 0.6 is 0 Å². The van der Waals surface area contributed by atoms with Gasteiger partial charge in [0.25, 0.3) is 0 Å². The number of benzene rings is 1. The van der Waals surface area contributed by atoms with Gasteiger partial charge in [-0.1, -0.05) is 12.1 Å². The number of rotatable bonds is 7. The maximum absolute atomic E-state index is 11.9. The first kappa shape index (κ1) is 15.8. The van der Waals surface area contributed by atoms with E-state index < -0.39 is 0 Å². The lowest BCUT2D eigenvalue weighted by Crippen LogP contribution is -2.23. The van der Waals surface area contributed by atoms with Gasteiger partial charge in [-0.25, -0.2) is 4.98 Å². The van der Waals surface area contributed by atoms with Gasteiger partial charge < -0.3 is 14.8 Å². The van der Waals surface area contributed by atoms with Crippen molar-refractivity contribution in [2.24, 2.45) is 0 Å². The number of hydrogen-bond donors (Lipinski definition) is 1. The Hall–Kier alpha value is -2.56. The fraction of sp³-hybridized carbons (Fsp3) is 0.294. The summed E-state index contributed by atoms with van der Waals surface area (Å²) in [4.78, 5) is 15.9. The first-order chi connectivity index (χ1) is 10.7. The average Bonchev–Trinajstić information content (AvgIpc) is 2.58. The normalized spacial score (nSPS) is 10.1. The number of methoxy groups -OCH3 is 2. The Morgan fingerprint density at radius 1 is 1.09 bits per heavy atom. The topological polar surface area (TPSA) is 60.5 Å². The molecule has 0 unspecified atom stereocenters. The number of hydrogen-bond acceptors (Lipinski definition) is 4. The van der Waals surface area contributed by atoms with Crippen LogP contribution in [-0.4, -0.2) is 25.1 Å². The van der Waals surface area contributed by atoms with Crippen molar-refractivity contribution in [3.63, 3.8) is 0 Å². The van der Waals surface area contributed by atoms with Gasteiger partial charge in [0.15, 0.2) is 0 Å². The van der Waals surface area contributed by atoms with E-state index in [0.717, 1.165) is 16.9 Å². The molecule has 1 aromatic heterocycles. The molecule has 116 valence electrons. The second-order valence-corrected chi connectivity index (χ2v) is 4.83. The summed E-state index contributed by atoms with van der Waals surface area (Å²) in [6.07, 6.45) is 2.82. The minimum absolute atomic E-state index is 0.0200. The van der Waals surface area contributed by atoms with Gasteiger partial charge in [-0.2, -0.15) is 0 Å². The SMILES string of the molecule is COc1ccc(CCC(=O)NCc2ccnc(OC)c2)cc1. The van der Waals surface area contributed by atoms with Gasteiger partial charge in [-0.3, -0.25) is 4.79 Å². The maximum atomic E-state index is 11.9. The Labute approximate surface area is 130 Å². The number of ether oxygens (including phenoxy) is 2. The van der Waals surface area contributed by atoms with Crippen LogP contribution in [0.4, 0.5) is 0 Å². The Bertz CT molecular complexity index is 612. The van der Waals surface area contributed by atoms with E-state index in [1.54, 1.807) is 20.4 Å². The molecular weight excluding hydrogens is 280 g/mol. The lowest BCUT2D eigenvalue weighted by molar-refractivity contribution is -0.121. The van der Waals surface area contributed by atoms with Crippen LogP contribution in [0.5, 0.6) is 11.6 Å². The molecule has 1 amide bonds. The quantitative estimate of drug-likeness (QED) is 0.852. The van der Waals surface area contributed by atoms with Gasteiger partial charge in [0.2, 0.25) is 11.8 Å². The molecule has 1 N–H and O–H groups in total. The van der Waals surface area contributed by atoms with E-state index in [4.69, 9.17) is 9.47 Å². The second-order valence-electron chi connectivity index (χ2n) is 4.83. The van der Waals surface area contributed by atoms with Crippen LogP contribution in [0.3, 0.4) is 0 Å². The fourth-order valence-electron chi connectivity index (χ4n) is 2.01. The molecule has 1 aromatic carbocycles. The van der Waals surface area contributed by atoms with Crippen LogP contribution in [-0.2, 0) is 17.8 Å². The average molecular weight is 300 g/mol. The third-order valence-electron chi connectivity index (χ3n) is 3.30. The first-order valence-corrected chi connectivity index (χ1v) is 7.10. The molecule has 0 spiro atoms. The first-order valence-electron chi connectivity index (χ1n) is 7.10. The van der Waals surface area contributed by atoms with Crippen molar-refractivity contribution in [3.8, 4) is 11.6 Å². The minimum Gasteiger partial charge on any atom is -0.497 e. The summed E-state index contributed by atoms with van der Waals surface area (Å²) in [7, 11) is 3.20. The number of pyridine rings is 1. The third-order valence-corrected chi connectivity index (χ3v) is 3.30. The molecule has 2 rings (SSSR count). The lowest BCUT2D eigenvalue weighted by atomic mass is 10.1. The number of nitrogens with zero attached hydrogens (tertiary/aromatic N) is 1. The van der Waals surface area contributed by atoms with Crippen molar-refractivity contribution < 1.29 is 14.3 Å². The summed E-state index contributed by atoms with van der Waals surface area (Å²) < 4.78 is 10.2. The number of aromatic nitrogens is 1. The molecule has 1 heterocycles. The highest BCUT2D eigenvalue weighted by molar-refractivity contribution is 5.76. The summed E-state index contributed by atoms with van der Waals surface area (Å²) in [6, 6.07) is 11.4. The molecule has 0 aliphatic rings. The van der Waals surface area contributed by atoms with Crippen LogP contribution in [0, 0.1) is 0 Å². The van der Waals surface area contributed by atoms with Crippen LogP contribution in [0.25, 0.3) is 0 Å². The highest BCUT2D eigenvalue weighted by Crippen LogP contribution is 2.12. The zero-order valence-corrected chi connectivity index (χ0v) is 12.8. The predicted octanol–water partition coefficient (Wildman–Crippen LogP) is 2.35. The van der Waals surface area contributed by atoms with Gasteiger partial charge in [0, 0.05) is 25.2 Å². The van der Waals surface area contributed by atoms with Gasteiger partial charge in [-0.15, -0.1) is 0 Å². The largest absolute Gasteiger partial charge is 0.497 e. The Morgan fingerprint density at radius 2 is 1.86 bits per heavy atom. The number of nitrogens with one attached hydrogen (secondary N) is 1. The summed E-state index contributed by atoms with van der Waals surface area (Å²) >= 11 is 0. The molecule has 0 aliphatic heterocycles. The van der Waals surface area contributed by atoms with Crippen LogP contribution in [0.1, 0.15) is 17.5 Å². The van der Waals surface area contributed by atoms with Crippen molar-refractivity contribution in [2.45, 2.75) is 19.4 Å². The molecule has 5 nitrogen and oxygen atoms in total. The molecule has 0 radical (unpaired) electrons. The fourth-order valence-corrected chi connectivity index (χ4v) is 2.01. The minimum atomic E-state index is 0.0200.